The summed E-state index contributed by atoms with van der Waals surface area (Å²) in [6.45, 7) is 2.36. The third-order valence-electron chi connectivity index (χ3n) is 4.68. The lowest BCUT2D eigenvalue weighted by Crippen LogP contribution is -2.34. The van der Waals surface area contributed by atoms with Gasteiger partial charge in [0.25, 0.3) is 5.91 Å². The van der Waals surface area contributed by atoms with E-state index in [2.05, 4.69) is 15.6 Å². The fourth-order valence-corrected chi connectivity index (χ4v) is 3.35. The molecule has 6 heteroatoms. The van der Waals surface area contributed by atoms with Gasteiger partial charge < -0.3 is 10.1 Å². The molecule has 154 valence electrons. The van der Waals surface area contributed by atoms with Gasteiger partial charge >= 0.3 is 0 Å². The molecule has 0 spiro atoms. The Labute approximate surface area is 186 Å². The average Bonchev–Trinajstić information content (AvgIpc) is 2.79. The van der Waals surface area contributed by atoms with Crippen LogP contribution in [0.25, 0.3) is 10.9 Å². The Morgan fingerprint density at radius 2 is 1.77 bits per heavy atom. The van der Waals surface area contributed by atoms with E-state index in [-0.39, 0.29) is 11.0 Å². The Balaban J connectivity index is 1.41. The van der Waals surface area contributed by atoms with Gasteiger partial charge in [0.15, 0.2) is 5.11 Å². The summed E-state index contributed by atoms with van der Waals surface area (Å²) in [4.78, 5) is 17.3. The topological polar surface area (TPSA) is 63.2 Å². The minimum atomic E-state index is -0.313. The lowest BCUT2D eigenvalue weighted by atomic mass is 10.2. The van der Waals surface area contributed by atoms with Crippen LogP contribution in [0.15, 0.2) is 84.9 Å². The monoisotopic (exact) mass is 427 g/mol. The molecule has 0 aliphatic carbocycles. The number of amides is 1. The molecule has 0 saturated heterocycles. The molecule has 31 heavy (non-hydrogen) atoms. The van der Waals surface area contributed by atoms with E-state index < -0.39 is 0 Å². The molecular weight excluding hydrogens is 406 g/mol. The van der Waals surface area contributed by atoms with E-state index >= 15 is 0 Å². The van der Waals surface area contributed by atoms with Crippen molar-refractivity contribution in [3.05, 3.63) is 102 Å². The molecular formula is C25H21N3O2S. The highest BCUT2D eigenvalue weighted by Gasteiger charge is 2.11. The van der Waals surface area contributed by atoms with Crippen LogP contribution in [0.2, 0.25) is 0 Å². The lowest BCUT2D eigenvalue weighted by molar-refractivity contribution is 0.0977. The van der Waals surface area contributed by atoms with Crippen molar-refractivity contribution in [1.82, 2.24) is 10.3 Å². The second-order valence-electron chi connectivity index (χ2n) is 7.04. The summed E-state index contributed by atoms with van der Waals surface area (Å²) in [5, 5.41) is 7.00. The van der Waals surface area contributed by atoms with Gasteiger partial charge in [-0.05, 0) is 55.0 Å². The first-order valence-corrected chi connectivity index (χ1v) is 10.2. The van der Waals surface area contributed by atoms with E-state index in [9.17, 15) is 4.79 Å². The van der Waals surface area contributed by atoms with Crippen LogP contribution in [-0.2, 0) is 6.61 Å². The van der Waals surface area contributed by atoms with Crippen molar-refractivity contribution in [2.45, 2.75) is 13.5 Å². The number of para-hydroxylation sites is 1. The van der Waals surface area contributed by atoms with Gasteiger partial charge in [-0.25, -0.2) is 0 Å². The molecule has 0 bridgehead atoms. The number of benzene rings is 3. The number of nitrogens with zero attached hydrogens (tertiary/aromatic N) is 1. The summed E-state index contributed by atoms with van der Waals surface area (Å²) in [5.41, 5.74) is 3.97. The molecule has 0 radical (unpaired) electrons. The number of nitrogens with one attached hydrogen (secondary N) is 2. The number of carbonyl (C=O) groups is 1. The minimum absolute atomic E-state index is 0.205. The predicted octanol–water partition coefficient (Wildman–Crippen LogP) is 5.25. The molecule has 0 aliphatic heterocycles. The zero-order valence-corrected chi connectivity index (χ0v) is 17.8. The highest BCUT2D eigenvalue weighted by atomic mass is 32.1. The van der Waals surface area contributed by atoms with Gasteiger partial charge in [0.2, 0.25) is 0 Å². The summed E-state index contributed by atoms with van der Waals surface area (Å²) in [6, 6.07) is 26.6. The van der Waals surface area contributed by atoms with Crippen LogP contribution in [0.3, 0.4) is 0 Å². The fraction of sp³-hybridized carbons (Fsp3) is 0.0800. The Kier molecular flexibility index (Phi) is 6.19. The zero-order chi connectivity index (χ0) is 21.6. The van der Waals surface area contributed by atoms with E-state index in [0.29, 0.717) is 17.9 Å². The SMILES string of the molecule is Cc1ccc2cccc(NC(=S)NC(=O)c3cccc(OCc4ccccc4)c3)c2n1. The third-order valence-corrected chi connectivity index (χ3v) is 4.88. The summed E-state index contributed by atoms with van der Waals surface area (Å²) in [6.07, 6.45) is 0. The van der Waals surface area contributed by atoms with E-state index in [1.165, 1.54) is 0 Å². The molecule has 4 aromatic rings. The molecule has 0 aliphatic rings. The fourth-order valence-electron chi connectivity index (χ4n) is 3.14. The van der Waals surface area contributed by atoms with Gasteiger partial charge in [-0.1, -0.05) is 54.6 Å². The molecule has 1 amide bonds. The molecule has 0 saturated carbocycles. The zero-order valence-electron chi connectivity index (χ0n) is 17.0. The van der Waals surface area contributed by atoms with Gasteiger partial charge in [0.1, 0.15) is 12.4 Å². The quantitative estimate of drug-likeness (QED) is 0.426. The van der Waals surface area contributed by atoms with Crippen LogP contribution in [0, 0.1) is 6.92 Å². The van der Waals surface area contributed by atoms with Gasteiger partial charge in [0, 0.05) is 16.6 Å². The molecule has 4 rings (SSSR count). The smallest absolute Gasteiger partial charge is 0.257 e. The van der Waals surface area contributed by atoms with Crippen LogP contribution >= 0.6 is 12.2 Å². The lowest BCUT2D eigenvalue weighted by Gasteiger charge is -2.12. The van der Waals surface area contributed by atoms with Crippen molar-refractivity contribution in [1.29, 1.82) is 0 Å². The van der Waals surface area contributed by atoms with Crippen molar-refractivity contribution in [3.63, 3.8) is 0 Å². The number of fused-ring (bicyclic) bond motifs is 1. The van der Waals surface area contributed by atoms with Crippen molar-refractivity contribution < 1.29 is 9.53 Å². The number of pyridine rings is 1. The Bertz CT molecular complexity index is 1240. The van der Waals surface area contributed by atoms with Gasteiger partial charge in [-0.15, -0.1) is 0 Å². The molecule has 0 unspecified atom stereocenters. The van der Waals surface area contributed by atoms with E-state index in [1.54, 1.807) is 18.2 Å². The highest BCUT2D eigenvalue weighted by Crippen LogP contribution is 2.22. The number of anilines is 1. The third kappa shape index (κ3) is 5.24. The number of rotatable bonds is 5. The number of aromatic nitrogens is 1. The van der Waals surface area contributed by atoms with E-state index in [4.69, 9.17) is 17.0 Å². The second kappa shape index (κ2) is 9.36. The summed E-state index contributed by atoms with van der Waals surface area (Å²) in [7, 11) is 0. The van der Waals surface area contributed by atoms with Crippen LogP contribution in [0.5, 0.6) is 5.75 Å². The number of aryl methyl sites for hydroxylation is 1. The number of ether oxygens (including phenoxy) is 1. The van der Waals surface area contributed by atoms with Gasteiger partial charge in [0.05, 0.1) is 11.2 Å². The van der Waals surface area contributed by atoms with Crippen LogP contribution in [0.1, 0.15) is 21.6 Å². The summed E-state index contributed by atoms with van der Waals surface area (Å²) >= 11 is 5.35. The maximum atomic E-state index is 12.7. The maximum absolute atomic E-state index is 12.7. The van der Waals surface area contributed by atoms with Crippen LogP contribution < -0.4 is 15.4 Å². The average molecular weight is 428 g/mol. The first-order chi connectivity index (χ1) is 15.1. The van der Waals surface area contributed by atoms with Crippen molar-refractivity contribution in [2.75, 3.05) is 5.32 Å². The normalized spacial score (nSPS) is 10.5. The van der Waals surface area contributed by atoms with Gasteiger partial charge in [-0.2, -0.15) is 0 Å². The number of thiocarbonyl (C=S) groups is 1. The number of hydrogen-bond acceptors (Lipinski definition) is 4. The van der Waals surface area contributed by atoms with Crippen molar-refractivity contribution in [3.8, 4) is 5.75 Å². The first kappa shape index (κ1) is 20.5. The first-order valence-electron chi connectivity index (χ1n) is 9.84. The van der Waals surface area contributed by atoms with E-state index in [1.807, 2.05) is 73.7 Å². The van der Waals surface area contributed by atoms with Crippen molar-refractivity contribution in [2.24, 2.45) is 0 Å². The standard InChI is InChI=1S/C25H21N3O2S/c1-17-13-14-19-9-6-12-22(23(19)26-17)27-25(31)28-24(29)20-10-5-11-21(15-20)30-16-18-7-3-2-4-8-18/h2-15H,16H2,1H3,(H2,27,28,29,31). The molecule has 3 aromatic carbocycles. The molecule has 1 aromatic heterocycles. The maximum Gasteiger partial charge on any atom is 0.257 e. The largest absolute Gasteiger partial charge is 0.489 e. The highest BCUT2D eigenvalue weighted by molar-refractivity contribution is 7.80. The van der Waals surface area contributed by atoms with Crippen molar-refractivity contribution >= 4 is 39.8 Å². The Hall–Kier alpha value is -3.77. The minimum Gasteiger partial charge on any atom is -0.489 e. The molecule has 1 heterocycles. The summed E-state index contributed by atoms with van der Waals surface area (Å²) < 4.78 is 5.81. The second-order valence-corrected chi connectivity index (χ2v) is 7.45. The van der Waals surface area contributed by atoms with Crippen LogP contribution in [-0.4, -0.2) is 16.0 Å². The van der Waals surface area contributed by atoms with E-state index in [0.717, 1.165) is 27.8 Å². The van der Waals surface area contributed by atoms with Crippen LogP contribution in [0.4, 0.5) is 5.69 Å². The Morgan fingerprint density at radius 1 is 0.968 bits per heavy atom. The van der Waals surface area contributed by atoms with Gasteiger partial charge in [-0.3, -0.25) is 15.1 Å². The number of hydrogen-bond donors (Lipinski definition) is 2. The molecule has 0 fully saturated rings. The number of carbonyl (C=O) groups excluding carboxylic acids is 1. The molecule has 0 atom stereocenters. The predicted molar refractivity (Wildman–Crippen MR) is 127 cm³/mol. The molecule has 5 nitrogen and oxygen atoms in total. The Morgan fingerprint density at radius 3 is 2.61 bits per heavy atom. The summed E-state index contributed by atoms with van der Waals surface area (Å²) in [5.74, 6) is 0.302. The molecule has 2 N–H and O–H groups in total.